The van der Waals surface area contributed by atoms with Gasteiger partial charge in [-0.3, -0.25) is 0 Å². The summed E-state index contributed by atoms with van der Waals surface area (Å²) in [7, 11) is 0. The fraction of sp³-hybridized carbons (Fsp3) is 0.778. The molecule has 1 aliphatic rings. The molecule has 3 heteroatoms. The molecule has 3 nitrogen and oxygen atoms in total. The van der Waals surface area contributed by atoms with Gasteiger partial charge in [0.15, 0.2) is 0 Å². The van der Waals surface area contributed by atoms with Crippen LogP contribution in [0.1, 0.15) is 90.9 Å². The molecule has 0 N–H and O–H groups in total. The topological polar surface area (TPSA) is 43.4 Å². The number of rotatable bonds is 11. The third kappa shape index (κ3) is 15.1. The molecule has 1 rings (SSSR count). The highest BCUT2D eigenvalue weighted by Crippen LogP contribution is 2.11. The fourth-order valence-electron chi connectivity index (χ4n) is 2.22. The minimum atomic E-state index is -0.579. The summed E-state index contributed by atoms with van der Waals surface area (Å²) in [5, 5.41) is 0. The molecule has 1 aliphatic heterocycles. The molecule has 0 amide bonds. The molecule has 0 saturated carbocycles. The van der Waals surface area contributed by atoms with Crippen LogP contribution in [0.15, 0.2) is 12.2 Å². The maximum absolute atomic E-state index is 9.92. The van der Waals surface area contributed by atoms with Gasteiger partial charge in [0.1, 0.15) is 0 Å². The van der Waals surface area contributed by atoms with Gasteiger partial charge in [-0.1, -0.05) is 90.9 Å². The summed E-state index contributed by atoms with van der Waals surface area (Å²) in [6.07, 6.45) is 19.6. The Hall–Kier alpha value is -1.12. The normalized spacial score (nSPS) is 13.0. The van der Waals surface area contributed by atoms with Crippen molar-refractivity contribution < 1.29 is 14.3 Å². The predicted octanol–water partition coefficient (Wildman–Crippen LogP) is 5.33. The van der Waals surface area contributed by atoms with Crippen molar-refractivity contribution >= 4 is 11.9 Å². The molecule has 21 heavy (non-hydrogen) atoms. The van der Waals surface area contributed by atoms with E-state index in [9.17, 15) is 9.59 Å². The summed E-state index contributed by atoms with van der Waals surface area (Å²) in [6.45, 7) is 4.57. The van der Waals surface area contributed by atoms with Crippen LogP contribution in [0.5, 0.6) is 0 Å². The first-order valence-electron chi connectivity index (χ1n) is 8.64. The molecule has 0 atom stereocenters. The largest absolute Gasteiger partial charge is 0.387 e. The Morgan fingerprint density at radius 3 is 1.10 bits per heavy atom. The van der Waals surface area contributed by atoms with Crippen LogP contribution in [0.25, 0.3) is 0 Å². The number of unbranched alkanes of at least 4 members (excludes halogenated alkanes) is 11. The molecule has 0 aromatic rings. The second-order valence-corrected chi connectivity index (χ2v) is 5.61. The lowest BCUT2D eigenvalue weighted by Crippen LogP contribution is -1.96. The van der Waals surface area contributed by atoms with Gasteiger partial charge in [-0.15, -0.1) is 0 Å². The number of hydrogen-bond acceptors (Lipinski definition) is 3. The van der Waals surface area contributed by atoms with E-state index in [2.05, 4.69) is 18.6 Å². The average molecular weight is 296 g/mol. The first kappa shape index (κ1) is 19.9. The Kier molecular flexibility index (Phi) is 14.5. The smallest absolute Gasteiger partial charge is 0.338 e. The van der Waals surface area contributed by atoms with Gasteiger partial charge < -0.3 is 4.74 Å². The molecule has 0 fully saturated rings. The zero-order valence-electron chi connectivity index (χ0n) is 13.9. The number of carbonyl (C=O) groups excluding carboxylic acids is 2. The van der Waals surface area contributed by atoms with Crippen LogP contribution in [-0.2, 0) is 14.3 Å². The molecule has 0 spiro atoms. The van der Waals surface area contributed by atoms with Crippen molar-refractivity contribution in [3.05, 3.63) is 12.2 Å². The third-order valence-electron chi connectivity index (χ3n) is 3.51. The number of esters is 2. The molecular formula is C18H32O3. The van der Waals surface area contributed by atoms with Crippen LogP contribution in [0.3, 0.4) is 0 Å². The quantitative estimate of drug-likeness (QED) is 0.294. The van der Waals surface area contributed by atoms with Gasteiger partial charge in [-0.2, -0.15) is 0 Å². The third-order valence-corrected chi connectivity index (χ3v) is 3.51. The van der Waals surface area contributed by atoms with E-state index < -0.39 is 11.9 Å². The molecule has 122 valence electrons. The molecule has 0 aromatic carbocycles. The second kappa shape index (κ2) is 15.3. The Balaban J connectivity index is 0.000000471. The number of hydrogen-bond donors (Lipinski definition) is 0. The SMILES string of the molecule is CCCCCCCCCCCCCC.O=C1C=CC(=O)O1. The molecule has 0 unspecified atom stereocenters. The highest BCUT2D eigenvalue weighted by molar-refractivity contribution is 6.04. The van der Waals surface area contributed by atoms with Crippen LogP contribution in [0.4, 0.5) is 0 Å². The maximum Gasteiger partial charge on any atom is 0.338 e. The first-order valence-corrected chi connectivity index (χ1v) is 8.64. The Labute approximate surface area is 130 Å². The van der Waals surface area contributed by atoms with E-state index in [0.717, 1.165) is 12.2 Å². The lowest BCUT2D eigenvalue weighted by Gasteiger charge is -2.01. The highest BCUT2D eigenvalue weighted by Gasteiger charge is 2.10. The standard InChI is InChI=1S/C14H30.C4H2O3/c1-3-5-7-9-11-13-14-12-10-8-6-4-2;5-3-1-2-4(6)7-3/h3-14H2,1-2H3;1-2H. The summed E-state index contributed by atoms with van der Waals surface area (Å²) < 4.78 is 3.97. The van der Waals surface area contributed by atoms with Crippen molar-refractivity contribution in [3.8, 4) is 0 Å². The van der Waals surface area contributed by atoms with Gasteiger partial charge in [0, 0.05) is 12.2 Å². The molecule has 0 aromatic heterocycles. The summed E-state index contributed by atoms with van der Waals surface area (Å²) in [4.78, 5) is 19.8. The monoisotopic (exact) mass is 296 g/mol. The Bertz CT molecular complexity index is 267. The van der Waals surface area contributed by atoms with Crippen molar-refractivity contribution in [3.63, 3.8) is 0 Å². The van der Waals surface area contributed by atoms with Gasteiger partial charge in [-0.05, 0) is 0 Å². The van der Waals surface area contributed by atoms with Crippen molar-refractivity contribution in [1.29, 1.82) is 0 Å². The van der Waals surface area contributed by atoms with Crippen molar-refractivity contribution in [1.82, 2.24) is 0 Å². The lowest BCUT2D eigenvalue weighted by molar-refractivity contribution is -0.150. The molecule has 1 heterocycles. The Morgan fingerprint density at radius 1 is 0.619 bits per heavy atom. The van der Waals surface area contributed by atoms with E-state index in [1.807, 2.05) is 0 Å². The summed E-state index contributed by atoms with van der Waals surface area (Å²) in [5.41, 5.74) is 0. The summed E-state index contributed by atoms with van der Waals surface area (Å²) in [5.74, 6) is -1.16. The lowest BCUT2D eigenvalue weighted by atomic mass is 10.1. The average Bonchev–Trinajstić information content (AvgIpc) is 2.85. The van der Waals surface area contributed by atoms with Gasteiger partial charge in [-0.25, -0.2) is 9.59 Å². The van der Waals surface area contributed by atoms with E-state index in [4.69, 9.17) is 0 Å². The van der Waals surface area contributed by atoms with Crippen LogP contribution in [-0.4, -0.2) is 11.9 Å². The zero-order chi connectivity index (χ0) is 15.8. The molecule has 0 saturated heterocycles. The van der Waals surface area contributed by atoms with E-state index in [1.165, 1.54) is 77.0 Å². The van der Waals surface area contributed by atoms with Crippen LogP contribution in [0, 0.1) is 0 Å². The molecule has 0 aliphatic carbocycles. The van der Waals surface area contributed by atoms with Crippen molar-refractivity contribution in [2.75, 3.05) is 0 Å². The van der Waals surface area contributed by atoms with Gasteiger partial charge in [0.2, 0.25) is 0 Å². The molecular weight excluding hydrogens is 264 g/mol. The van der Waals surface area contributed by atoms with Gasteiger partial charge in [0.25, 0.3) is 0 Å². The summed E-state index contributed by atoms with van der Waals surface area (Å²) >= 11 is 0. The second-order valence-electron chi connectivity index (χ2n) is 5.61. The van der Waals surface area contributed by atoms with Crippen LogP contribution in [0.2, 0.25) is 0 Å². The zero-order valence-corrected chi connectivity index (χ0v) is 13.9. The van der Waals surface area contributed by atoms with E-state index in [0.29, 0.717) is 0 Å². The van der Waals surface area contributed by atoms with E-state index in [1.54, 1.807) is 0 Å². The first-order chi connectivity index (χ1) is 10.2. The van der Waals surface area contributed by atoms with Crippen molar-refractivity contribution in [2.45, 2.75) is 90.9 Å². The van der Waals surface area contributed by atoms with Crippen molar-refractivity contribution in [2.24, 2.45) is 0 Å². The minimum Gasteiger partial charge on any atom is -0.387 e. The predicted molar refractivity (Wildman–Crippen MR) is 87.0 cm³/mol. The van der Waals surface area contributed by atoms with Gasteiger partial charge >= 0.3 is 11.9 Å². The van der Waals surface area contributed by atoms with E-state index in [-0.39, 0.29) is 0 Å². The van der Waals surface area contributed by atoms with E-state index >= 15 is 0 Å². The molecule has 0 bridgehead atoms. The molecule has 0 radical (unpaired) electrons. The van der Waals surface area contributed by atoms with Crippen LogP contribution >= 0.6 is 0 Å². The minimum absolute atomic E-state index is 0.579. The highest BCUT2D eigenvalue weighted by atomic mass is 16.6. The van der Waals surface area contributed by atoms with Crippen LogP contribution < -0.4 is 0 Å². The summed E-state index contributed by atoms with van der Waals surface area (Å²) in [6, 6.07) is 0. The number of ether oxygens (including phenoxy) is 1. The maximum atomic E-state index is 9.92. The Morgan fingerprint density at radius 2 is 0.905 bits per heavy atom. The van der Waals surface area contributed by atoms with Gasteiger partial charge in [0.05, 0.1) is 0 Å². The number of carbonyl (C=O) groups is 2. The fourth-order valence-corrected chi connectivity index (χ4v) is 2.22. The number of cyclic esters (lactones) is 2.